The van der Waals surface area contributed by atoms with Gasteiger partial charge in [0.25, 0.3) is 17.7 Å². The minimum Gasteiger partial charge on any atom is -0.444 e. The molecule has 16 heteroatoms. The highest BCUT2D eigenvalue weighted by Gasteiger charge is 2.38. The molecule has 0 saturated carbocycles. The Morgan fingerprint density at radius 2 is 0.955 bits per heavy atom. The van der Waals surface area contributed by atoms with E-state index in [1.807, 2.05) is 81.8 Å². The molecule has 0 aliphatic carbocycles. The van der Waals surface area contributed by atoms with Crippen molar-refractivity contribution < 1.29 is 28.7 Å². The van der Waals surface area contributed by atoms with E-state index in [-0.39, 0.29) is 36.2 Å². The van der Waals surface area contributed by atoms with Gasteiger partial charge in [0.05, 0.1) is 33.2 Å². The van der Waals surface area contributed by atoms with Crippen LogP contribution in [0.15, 0.2) is 85.8 Å². The molecule has 3 fully saturated rings. The number of aromatic nitrogens is 3. The molecule has 0 radical (unpaired) electrons. The van der Waals surface area contributed by atoms with Gasteiger partial charge in [-0.05, 0) is 117 Å². The lowest BCUT2D eigenvalue weighted by Crippen LogP contribution is -2.53. The van der Waals surface area contributed by atoms with Crippen LogP contribution in [0.1, 0.15) is 107 Å². The summed E-state index contributed by atoms with van der Waals surface area (Å²) >= 11 is 0. The number of hydrogen-bond donors (Lipinski definition) is 7. The Morgan fingerprint density at radius 3 is 1.26 bits per heavy atom. The van der Waals surface area contributed by atoms with Crippen LogP contribution < -0.4 is 22.5 Å². The van der Waals surface area contributed by atoms with Gasteiger partial charge in [0.1, 0.15) is 5.60 Å². The van der Waals surface area contributed by atoms with Crippen LogP contribution >= 0.6 is 12.4 Å². The van der Waals surface area contributed by atoms with Gasteiger partial charge in [-0.15, -0.1) is 12.4 Å². The molecule has 6 aromatic rings. The number of primary amides is 3. The van der Waals surface area contributed by atoms with E-state index >= 15 is 0 Å². The number of nitrogens with zero attached hydrogens (tertiary/aromatic N) is 2. The average molecular weight is 921 g/mol. The number of aromatic amines is 3. The number of rotatable bonds is 10. The molecule has 350 valence electrons. The number of ether oxygens (including phenoxy) is 1. The number of H-pyrrole nitrogens is 3. The SMILES string of the molecule is C=CC(=O)N1CC([C@H](C)c2ccc(C(N)=O)c3[nH]ccc23)C1.C[C@H](c1ccc(C(N)=O)c2[nH]ccc12)C1CN(C(=O)OC(C)(C)C)C1.C[C@H](c1ccc(C(N)=O)c2[nH]ccc12)C1CNC1.Cl. The van der Waals surface area contributed by atoms with Crippen molar-refractivity contribution in [2.24, 2.45) is 35.0 Å². The fraction of sp³-hybridized carbons (Fsp3) is 0.380. The monoisotopic (exact) mass is 919 g/mol. The first kappa shape index (κ1) is 48.9. The lowest BCUT2D eigenvalue weighted by atomic mass is 9.80. The second kappa shape index (κ2) is 19.9. The molecule has 0 unspecified atom stereocenters. The molecular weight excluding hydrogens is 858 g/mol. The van der Waals surface area contributed by atoms with Crippen LogP contribution in [0.3, 0.4) is 0 Å². The third-order valence-corrected chi connectivity index (χ3v) is 13.4. The quantitative estimate of drug-likeness (QED) is 0.0694. The van der Waals surface area contributed by atoms with E-state index in [0.29, 0.717) is 59.4 Å². The Labute approximate surface area is 390 Å². The second-order valence-corrected chi connectivity index (χ2v) is 18.6. The maximum Gasteiger partial charge on any atom is 0.410 e. The van der Waals surface area contributed by atoms with Gasteiger partial charge in [-0.2, -0.15) is 0 Å². The molecule has 0 bridgehead atoms. The van der Waals surface area contributed by atoms with Crippen molar-refractivity contribution in [3.05, 3.63) is 119 Å². The lowest BCUT2D eigenvalue weighted by Gasteiger charge is -2.43. The summed E-state index contributed by atoms with van der Waals surface area (Å²) in [6.45, 7) is 20.7. The van der Waals surface area contributed by atoms with Crippen LogP contribution in [0.25, 0.3) is 32.7 Å². The van der Waals surface area contributed by atoms with Crippen molar-refractivity contribution >= 4 is 74.8 Å². The smallest absolute Gasteiger partial charge is 0.410 e. The molecule has 10 N–H and O–H groups in total. The van der Waals surface area contributed by atoms with E-state index in [4.69, 9.17) is 21.9 Å². The lowest BCUT2D eigenvalue weighted by molar-refractivity contribution is -0.132. The Balaban J connectivity index is 0.000000164. The summed E-state index contributed by atoms with van der Waals surface area (Å²) in [5, 5.41) is 6.46. The molecule has 3 aliphatic rings. The van der Waals surface area contributed by atoms with Crippen LogP contribution in [0.4, 0.5) is 4.79 Å². The molecular formula is C50H62ClN9O6. The van der Waals surface area contributed by atoms with Crippen LogP contribution in [0, 0.1) is 17.8 Å². The highest BCUT2D eigenvalue weighted by Crippen LogP contribution is 2.38. The number of nitrogens with one attached hydrogen (secondary N) is 4. The molecule has 3 aromatic carbocycles. The Kier molecular flexibility index (Phi) is 14.7. The number of nitrogens with two attached hydrogens (primary N) is 3. The molecule has 3 atom stereocenters. The van der Waals surface area contributed by atoms with Gasteiger partial charge in [-0.25, -0.2) is 4.79 Å². The van der Waals surface area contributed by atoms with Crippen molar-refractivity contribution in [1.29, 1.82) is 0 Å². The number of carbonyl (C=O) groups excluding carboxylic acids is 5. The van der Waals surface area contributed by atoms with Crippen molar-refractivity contribution in [1.82, 2.24) is 30.1 Å². The third-order valence-electron chi connectivity index (χ3n) is 13.4. The minimum atomic E-state index is -0.477. The maximum atomic E-state index is 12.1. The third kappa shape index (κ3) is 9.97. The number of amides is 5. The van der Waals surface area contributed by atoms with Crippen molar-refractivity contribution in [3.63, 3.8) is 0 Å². The van der Waals surface area contributed by atoms with Gasteiger partial charge in [-0.3, -0.25) is 19.2 Å². The highest BCUT2D eigenvalue weighted by molar-refractivity contribution is 6.07. The normalized spacial score (nSPS) is 16.5. The van der Waals surface area contributed by atoms with Gasteiger partial charge in [0.15, 0.2) is 0 Å². The Bertz CT molecular complexity index is 2770. The van der Waals surface area contributed by atoms with E-state index in [0.717, 1.165) is 64.5 Å². The first-order chi connectivity index (χ1) is 30.9. The molecule has 15 nitrogen and oxygen atoms in total. The number of carbonyl (C=O) groups is 5. The largest absolute Gasteiger partial charge is 0.444 e. The van der Waals surface area contributed by atoms with Crippen LogP contribution in [0.5, 0.6) is 0 Å². The van der Waals surface area contributed by atoms with Crippen LogP contribution in [0.2, 0.25) is 0 Å². The summed E-state index contributed by atoms with van der Waals surface area (Å²) in [5.74, 6) is 1.25. The fourth-order valence-electron chi connectivity index (χ4n) is 9.21. The highest BCUT2D eigenvalue weighted by atomic mass is 35.5. The summed E-state index contributed by atoms with van der Waals surface area (Å²) < 4.78 is 5.41. The Morgan fingerprint density at radius 1 is 0.606 bits per heavy atom. The van der Waals surface area contributed by atoms with E-state index < -0.39 is 17.4 Å². The summed E-state index contributed by atoms with van der Waals surface area (Å²) in [7, 11) is 0. The van der Waals surface area contributed by atoms with Gasteiger partial charge in [0.2, 0.25) is 5.91 Å². The van der Waals surface area contributed by atoms with Gasteiger partial charge >= 0.3 is 6.09 Å². The number of benzene rings is 3. The zero-order valence-corrected chi connectivity index (χ0v) is 39.2. The topological polar surface area (TPSA) is 239 Å². The maximum absolute atomic E-state index is 12.1. The fourth-order valence-corrected chi connectivity index (χ4v) is 9.21. The van der Waals surface area contributed by atoms with Crippen molar-refractivity contribution in [2.75, 3.05) is 39.3 Å². The zero-order chi connectivity index (χ0) is 46.9. The summed E-state index contributed by atoms with van der Waals surface area (Å²) in [5.41, 5.74) is 23.4. The van der Waals surface area contributed by atoms with E-state index in [1.165, 1.54) is 17.2 Å². The number of likely N-dealkylation sites (tertiary alicyclic amines) is 2. The second-order valence-electron chi connectivity index (χ2n) is 18.6. The summed E-state index contributed by atoms with van der Waals surface area (Å²) in [6, 6.07) is 17.3. The van der Waals surface area contributed by atoms with Crippen molar-refractivity contribution in [2.45, 2.75) is 64.9 Å². The molecule has 3 aromatic heterocycles. The first-order valence-electron chi connectivity index (χ1n) is 22.2. The van der Waals surface area contributed by atoms with E-state index in [9.17, 15) is 24.0 Å². The van der Waals surface area contributed by atoms with Crippen LogP contribution in [-0.4, -0.2) is 99.3 Å². The molecule has 66 heavy (non-hydrogen) atoms. The number of hydrogen-bond acceptors (Lipinski definition) is 7. The molecule has 6 heterocycles. The molecule has 0 spiro atoms. The number of fused-ring (bicyclic) bond motifs is 3. The van der Waals surface area contributed by atoms with Crippen molar-refractivity contribution in [3.8, 4) is 0 Å². The summed E-state index contributed by atoms with van der Waals surface area (Å²) in [4.78, 5) is 70.9. The standard InChI is InChI=1S/C19H25N3O3.C17H19N3O2.C14H17N3O.ClH/c1-11(12-9-22(10-12)18(24)25-19(2,3)4)13-5-6-15(17(20)23)16-14(13)7-8-21-16;1-3-15(21)20-8-11(9-20)10(2)12-4-5-14(17(18)22)16-13(12)6-7-19-16;1-8(9-6-16-7-9)10-2-3-12(14(15)18)13-11(10)4-5-17-13;/h5-8,11-12,21H,9-10H2,1-4H3,(H2,20,23);3-7,10-11,19H,1,8-9H2,2H3,(H2,18,22);2-5,8-9,16-17H,6-7H2,1H3,(H2,15,18);1H/t11-;10-;8-;/m000./s1. The van der Waals surface area contributed by atoms with Gasteiger partial charge in [-0.1, -0.05) is 45.5 Å². The van der Waals surface area contributed by atoms with Crippen LogP contribution in [-0.2, 0) is 9.53 Å². The minimum absolute atomic E-state index is 0. The predicted molar refractivity (Wildman–Crippen MR) is 261 cm³/mol. The molecule has 9 rings (SSSR count). The number of halogens is 1. The zero-order valence-electron chi connectivity index (χ0n) is 38.4. The van der Waals surface area contributed by atoms with E-state index in [1.54, 1.807) is 21.9 Å². The molecule has 3 aliphatic heterocycles. The van der Waals surface area contributed by atoms with E-state index in [2.05, 4.69) is 47.6 Å². The molecule has 5 amide bonds. The molecule has 3 saturated heterocycles. The first-order valence-corrected chi connectivity index (χ1v) is 22.2. The predicted octanol–water partition coefficient (Wildman–Crippen LogP) is 7.26. The van der Waals surface area contributed by atoms with Gasteiger partial charge < -0.3 is 52.0 Å². The summed E-state index contributed by atoms with van der Waals surface area (Å²) in [6.07, 6.45) is 6.61. The Hall–Kier alpha value is -6.58. The average Bonchev–Trinajstić information content (AvgIpc) is 3.99. The van der Waals surface area contributed by atoms with Gasteiger partial charge in [0, 0.05) is 72.8 Å².